The van der Waals surface area contributed by atoms with Crippen LogP contribution in [0.2, 0.25) is 5.15 Å². The smallest absolute Gasteiger partial charge is 0.407 e. The second-order valence-electron chi connectivity index (χ2n) is 4.61. The van der Waals surface area contributed by atoms with E-state index in [-0.39, 0.29) is 0 Å². The van der Waals surface area contributed by atoms with E-state index in [4.69, 9.17) is 16.7 Å². The van der Waals surface area contributed by atoms with Gasteiger partial charge in [0.1, 0.15) is 11.0 Å². The lowest BCUT2D eigenvalue weighted by Crippen LogP contribution is -2.41. The summed E-state index contributed by atoms with van der Waals surface area (Å²) >= 11 is 8.08. The zero-order valence-corrected chi connectivity index (χ0v) is 13.2. The molecule has 1 aromatic heterocycles. The zero-order chi connectivity index (χ0) is 13.8. The molecule has 1 unspecified atom stereocenters. The minimum Gasteiger partial charge on any atom is -0.465 e. The fourth-order valence-corrected chi connectivity index (χ4v) is 3.19. The molecular weight excluding hydrogens is 381 g/mol. The van der Waals surface area contributed by atoms with Crippen LogP contribution in [0.25, 0.3) is 0 Å². The maximum Gasteiger partial charge on any atom is 0.407 e. The Morgan fingerprint density at radius 3 is 3.11 bits per heavy atom. The van der Waals surface area contributed by atoms with Crippen molar-refractivity contribution >= 4 is 46.1 Å². The molecule has 0 bridgehead atoms. The Morgan fingerprint density at radius 1 is 1.63 bits per heavy atom. The molecular formula is C12H15ClIN3O2. The largest absolute Gasteiger partial charge is 0.465 e. The van der Waals surface area contributed by atoms with Gasteiger partial charge >= 0.3 is 6.09 Å². The van der Waals surface area contributed by atoms with Crippen molar-refractivity contribution in [3.63, 3.8) is 0 Å². The first-order chi connectivity index (χ1) is 9.04. The normalized spacial score (nSPS) is 19.3. The molecule has 2 rings (SSSR count). The Labute approximate surface area is 130 Å². The van der Waals surface area contributed by atoms with Crippen molar-refractivity contribution < 1.29 is 9.90 Å². The molecule has 19 heavy (non-hydrogen) atoms. The molecule has 1 fully saturated rings. The van der Waals surface area contributed by atoms with Gasteiger partial charge in [-0.2, -0.15) is 0 Å². The van der Waals surface area contributed by atoms with E-state index in [2.05, 4.69) is 32.9 Å². The number of nitrogens with one attached hydrogen (secondary N) is 1. The molecule has 104 valence electrons. The van der Waals surface area contributed by atoms with Gasteiger partial charge in [-0.15, -0.1) is 0 Å². The summed E-state index contributed by atoms with van der Waals surface area (Å²) in [6.07, 6.45) is 1.12. The van der Waals surface area contributed by atoms with Crippen molar-refractivity contribution in [3.8, 4) is 0 Å². The van der Waals surface area contributed by atoms with Gasteiger partial charge in [-0.25, -0.2) is 9.78 Å². The number of aromatic nitrogens is 1. The van der Waals surface area contributed by atoms with E-state index in [9.17, 15) is 4.79 Å². The van der Waals surface area contributed by atoms with Crippen molar-refractivity contribution in [2.24, 2.45) is 5.92 Å². The van der Waals surface area contributed by atoms with Crippen LogP contribution < -0.4 is 5.32 Å². The van der Waals surface area contributed by atoms with E-state index in [0.29, 0.717) is 30.7 Å². The SMILES string of the molecule is O=C(O)N1CCCC(CNc2cc(I)cc(Cl)n2)C1. The maximum absolute atomic E-state index is 10.9. The van der Waals surface area contributed by atoms with Gasteiger partial charge in [0.25, 0.3) is 0 Å². The third-order valence-electron chi connectivity index (χ3n) is 3.12. The Bertz CT molecular complexity index is 452. The lowest BCUT2D eigenvalue weighted by Gasteiger charge is -2.30. The average Bonchev–Trinajstić information content (AvgIpc) is 2.35. The van der Waals surface area contributed by atoms with Crippen LogP contribution in [0.3, 0.4) is 0 Å². The van der Waals surface area contributed by atoms with Gasteiger partial charge in [-0.05, 0) is 53.5 Å². The standard InChI is InChI=1S/C12H15ClIN3O2/c13-10-4-9(14)5-11(16-10)15-6-8-2-1-3-17(7-8)12(18)19/h4-5,8H,1-3,6-7H2,(H,15,16)(H,18,19). The molecule has 1 amide bonds. The number of rotatable bonds is 3. The third-order valence-corrected chi connectivity index (χ3v) is 3.94. The number of carbonyl (C=O) groups is 1. The van der Waals surface area contributed by atoms with Gasteiger partial charge in [0.05, 0.1) is 0 Å². The van der Waals surface area contributed by atoms with Gasteiger partial charge in [0, 0.05) is 23.2 Å². The number of hydrogen-bond acceptors (Lipinski definition) is 3. The molecule has 1 aliphatic rings. The maximum atomic E-state index is 10.9. The quantitative estimate of drug-likeness (QED) is 0.609. The number of amides is 1. The summed E-state index contributed by atoms with van der Waals surface area (Å²) in [5, 5.41) is 12.7. The highest BCUT2D eigenvalue weighted by atomic mass is 127. The Morgan fingerprint density at radius 2 is 2.42 bits per heavy atom. The van der Waals surface area contributed by atoms with Gasteiger partial charge < -0.3 is 15.3 Å². The molecule has 1 aliphatic heterocycles. The topological polar surface area (TPSA) is 65.5 Å². The fraction of sp³-hybridized carbons (Fsp3) is 0.500. The fourth-order valence-electron chi connectivity index (χ4n) is 2.21. The second kappa shape index (κ2) is 6.60. The predicted octanol–water partition coefficient (Wildman–Crippen LogP) is 3.14. The lowest BCUT2D eigenvalue weighted by molar-refractivity contribution is 0.122. The molecule has 0 aliphatic carbocycles. The van der Waals surface area contributed by atoms with E-state index in [1.165, 1.54) is 4.90 Å². The zero-order valence-electron chi connectivity index (χ0n) is 10.3. The summed E-state index contributed by atoms with van der Waals surface area (Å²) in [7, 11) is 0. The van der Waals surface area contributed by atoms with Crippen molar-refractivity contribution in [1.29, 1.82) is 0 Å². The number of carboxylic acid groups (broad SMARTS) is 1. The average molecular weight is 396 g/mol. The van der Waals surface area contributed by atoms with Crippen molar-refractivity contribution in [2.75, 3.05) is 25.0 Å². The lowest BCUT2D eigenvalue weighted by atomic mass is 9.98. The Hall–Kier alpha value is -0.760. The number of hydrogen-bond donors (Lipinski definition) is 2. The van der Waals surface area contributed by atoms with Crippen LogP contribution >= 0.6 is 34.2 Å². The number of halogens is 2. The molecule has 0 radical (unpaired) electrons. The molecule has 2 heterocycles. The number of anilines is 1. The van der Waals surface area contributed by atoms with Crippen LogP contribution in [0.15, 0.2) is 12.1 Å². The molecule has 2 N–H and O–H groups in total. The first-order valence-corrected chi connectivity index (χ1v) is 7.55. The van der Waals surface area contributed by atoms with E-state index < -0.39 is 6.09 Å². The molecule has 1 atom stereocenters. The molecule has 0 saturated carbocycles. The van der Waals surface area contributed by atoms with Gasteiger partial charge in [-0.1, -0.05) is 11.6 Å². The minimum absolute atomic E-state index is 0.322. The van der Waals surface area contributed by atoms with Gasteiger partial charge in [0.15, 0.2) is 0 Å². The molecule has 1 saturated heterocycles. The van der Waals surface area contributed by atoms with Crippen LogP contribution in [0.5, 0.6) is 0 Å². The van der Waals surface area contributed by atoms with Crippen LogP contribution in [0, 0.1) is 9.49 Å². The van der Waals surface area contributed by atoms with Crippen LogP contribution in [0.4, 0.5) is 10.6 Å². The Balaban J connectivity index is 1.89. The highest BCUT2D eigenvalue weighted by Crippen LogP contribution is 2.19. The molecule has 7 heteroatoms. The van der Waals surface area contributed by atoms with Crippen molar-refractivity contribution in [3.05, 3.63) is 20.9 Å². The summed E-state index contributed by atoms with van der Waals surface area (Å²) in [5.74, 6) is 1.06. The summed E-state index contributed by atoms with van der Waals surface area (Å²) in [6, 6.07) is 3.71. The number of pyridine rings is 1. The van der Waals surface area contributed by atoms with Crippen molar-refractivity contribution in [2.45, 2.75) is 12.8 Å². The van der Waals surface area contributed by atoms with Gasteiger partial charge in [0.2, 0.25) is 0 Å². The number of piperidine rings is 1. The molecule has 5 nitrogen and oxygen atoms in total. The number of likely N-dealkylation sites (tertiary alicyclic amines) is 1. The monoisotopic (exact) mass is 395 g/mol. The number of nitrogens with zero attached hydrogens (tertiary/aromatic N) is 2. The van der Waals surface area contributed by atoms with E-state index in [0.717, 1.165) is 22.2 Å². The first-order valence-electron chi connectivity index (χ1n) is 6.09. The van der Waals surface area contributed by atoms with Crippen LogP contribution in [-0.2, 0) is 0 Å². The van der Waals surface area contributed by atoms with E-state index in [1.807, 2.05) is 6.07 Å². The summed E-state index contributed by atoms with van der Waals surface area (Å²) in [5.41, 5.74) is 0. The summed E-state index contributed by atoms with van der Waals surface area (Å²) < 4.78 is 1.02. The molecule has 0 spiro atoms. The highest BCUT2D eigenvalue weighted by Gasteiger charge is 2.22. The second-order valence-corrected chi connectivity index (χ2v) is 6.24. The van der Waals surface area contributed by atoms with Crippen molar-refractivity contribution in [1.82, 2.24) is 9.88 Å². The molecule has 1 aromatic rings. The third kappa shape index (κ3) is 4.38. The summed E-state index contributed by atoms with van der Waals surface area (Å²) in [4.78, 5) is 16.6. The van der Waals surface area contributed by atoms with E-state index in [1.54, 1.807) is 6.07 Å². The van der Waals surface area contributed by atoms with Crippen LogP contribution in [0.1, 0.15) is 12.8 Å². The minimum atomic E-state index is -0.833. The highest BCUT2D eigenvalue weighted by molar-refractivity contribution is 14.1. The van der Waals surface area contributed by atoms with Crippen LogP contribution in [-0.4, -0.2) is 40.7 Å². The molecule has 0 aromatic carbocycles. The summed E-state index contributed by atoms with van der Waals surface area (Å²) in [6.45, 7) is 1.94. The van der Waals surface area contributed by atoms with Gasteiger partial charge in [-0.3, -0.25) is 0 Å². The van der Waals surface area contributed by atoms with E-state index >= 15 is 0 Å². The Kier molecular flexibility index (Phi) is 5.09. The first kappa shape index (κ1) is 14.6. The predicted molar refractivity (Wildman–Crippen MR) is 82.8 cm³/mol.